The van der Waals surface area contributed by atoms with Crippen LogP contribution in [0, 0.1) is 5.92 Å². The molecule has 3 aliphatic rings. The van der Waals surface area contributed by atoms with Crippen LogP contribution in [0.1, 0.15) is 61.7 Å². The van der Waals surface area contributed by atoms with Crippen molar-refractivity contribution < 1.29 is 9.59 Å². The van der Waals surface area contributed by atoms with Gasteiger partial charge in [0.2, 0.25) is 5.91 Å². The van der Waals surface area contributed by atoms with E-state index < -0.39 is 0 Å². The van der Waals surface area contributed by atoms with Crippen LogP contribution in [0.25, 0.3) is 0 Å². The standard InChI is InChI=1S/C21H29N3O2/c25-20(16-7-1-2-8-16)22-17-9-10-19(23-11-3-4-12-23)18(15-17)21(26)24-13-5-6-14-24/h9-10,15-16H,1-8,11-14H2,(H,22,25). The van der Waals surface area contributed by atoms with Crippen molar-refractivity contribution >= 4 is 23.2 Å². The van der Waals surface area contributed by atoms with Gasteiger partial charge in [0.15, 0.2) is 0 Å². The van der Waals surface area contributed by atoms with E-state index in [1.54, 1.807) is 0 Å². The number of likely N-dealkylation sites (tertiary alicyclic amines) is 1. The summed E-state index contributed by atoms with van der Waals surface area (Å²) in [4.78, 5) is 29.8. The van der Waals surface area contributed by atoms with E-state index in [0.29, 0.717) is 0 Å². The maximum Gasteiger partial charge on any atom is 0.256 e. The van der Waals surface area contributed by atoms with E-state index >= 15 is 0 Å². The summed E-state index contributed by atoms with van der Waals surface area (Å²) < 4.78 is 0. The van der Waals surface area contributed by atoms with E-state index in [1.165, 1.54) is 12.8 Å². The lowest BCUT2D eigenvalue weighted by Gasteiger charge is -2.24. The second-order valence-corrected chi connectivity index (χ2v) is 7.90. The van der Waals surface area contributed by atoms with Crippen molar-refractivity contribution in [1.82, 2.24) is 4.90 Å². The molecule has 26 heavy (non-hydrogen) atoms. The molecule has 2 amide bonds. The predicted octanol–water partition coefficient (Wildman–Crippen LogP) is 3.65. The van der Waals surface area contributed by atoms with Gasteiger partial charge in [0.25, 0.3) is 5.91 Å². The van der Waals surface area contributed by atoms with Gasteiger partial charge < -0.3 is 15.1 Å². The van der Waals surface area contributed by atoms with Crippen molar-refractivity contribution in [2.45, 2.75) is 51.4 Å². The zero-order valence-corrected chi connectivity index (χ0v) is 15.5. The second kappa shape index (κ2) is 7.68. The Bertz CT molecular complexity index is 670. The molecule has 0 aromatic heterocycles. The first kappa shape index (κ1) is 17.4. The monoisotopic (exact) mass is 355 g/mol. The molecule has 0 spiro atoms. The lowest BCUT2D eigenvalue weighted by atomic mass is 10.1. The van der Waals surface area contributed by atoms with Gasteiger partial charge in [-0.05, 0) is 56.7 Å². The predicted molar refractivity (Wildman–Crippen MR) is 104 cm³/mol. The van der Waals surface area contributed by atoms with Gasteiger partial charge >= 0.3 is 0 Å². The Labute approximate surface area is 155 Å². The third-order valence-electron chi connectivity index (χ3n) is 6.06. The summed E-state index contributed by atoms with van der Waals surface area (Å²) in [6, 6.07) is 5.89. The Morgan fingerprint density at radius 1 is 0.885 bits per heavy atom. The van der Waals surface area contributed by atoms with Crippen molar-refractivity contribution in [2.24, 2.45) is 5.92 Å². The number of anilines is 2. The molecular formula is C21H29N3O2. The number of carbonyl (C=O) groups excluding carboxylic acids is 2. The fourth-order valence-corrected chi connectivity index (χ4v) is 4.54. The molecule has 3 fully saturated rings. The first-order valence-electron chi connectivity index (χ1n) is 10.2. The normalized spacial score (nSPS) is 20.8. The van der Waals surface area contributed by atoms with Crippen LogP contribution in [0.2, 0.25) is 0 Å². The van der Waals surface area contributed by atoms with Crippen LogP contribution < -0.4 is 10.2 Å². The zero-order valence-electron chi connectivity index (χ0n) is 15.5. The van der Waals surface area contributed by atoms with E-state index in [9.17, 15) is 9.59 Å². The van der Waals surface area contributed by atoms with Gasteiger partial charge in [-0.2, -0.15) is 0 Å². The van der Waals surface area contributed by atoms with Gasteiger partial charge in [-0.3, -0.25) is 9.59 Å². The zero-order chi connectivity index (χ0) is 17.9. The number of nitrogens with zero attached hydrogens (tertiary/aromatic N) is 2. The second-order valence-electron chi connectivity index (χ2n) is 7.90. The largest absolute Gasteiger partial charge is 0.371 e. The Balaban J connectivity index is 1.58. The molecule has 140 valence electrons. The Morgan fingerprint density at radius 3 is 2.23 bits per heavy atom. The van der Waals surface area contributed by atoms with Crippen molar-refractivity contribution in [3.05, 3.63) is 23.8 Å². The molecule has 0 unspecified atom stereocenters. The van der Waals surface area contributed by atoms with Gasteiger partial charge in [0.05, 0.1) is 5.56 Å². The van der Waals surface area contributed by atoms with Gasteiger partial charge in [-0.1, -0.05) is 12.8 Å². The minimum atomic E-state index is 0.107. The maximum absolute atomic E-state index is 13.1. The molecule has 1 saturated carbocycles. The van der Waals surface area contributed by atoms with Crippen molar-refractivity contribution in [3.8, 4) is 0 Å². The van der Waals surface area contributed by atoms with Crippen LogP contribution in [-0.2, 0) is 4.79 Å². The van der Waals surface area contributed by atoms with Gasteiger partial charge in [0, 0.05) is 43.5 Å². The van der Waals surface area contributed by atoms with Crippen LogP contribution in [0.4, 0.5) is 11.4 Å². The molecule has 1 aromatic rings. The molecule has 0 atom stereocenters. The highest BCUT2D eigenvalue weighted by Crippen LogP contribution is 2.31. The topological polar surface area (TPSA) is 52.7 Å². The molecule has 2 saturated heterocycles. The molecule has 0 bridgehead atoms. The molecule has 2 heterocycles. The van der Waals surface area contributed by atoms with Crippen LogP contribution in [-0.4, -0.2) is 42.9 Å². The van der Waals surface area contributed by atoms with E-state index in [4.69, 9.17) is 0 Å². The summed E-state index contributed by atoms with van der Waals surface area (Å²) in [5.41, 5.74) is 2.53. The van der Waals surface area contributed by atoms with Crippen molar-refractivity contribution in [3.63, 3.8) is 0 Å². The fraction of sp³-hybridized carbons (Fsp3) is 0.619. The number of carbonyl (C=O) groups is 2. The summed E-state index contributed by atoms with van der Waals surface area (Å²) in [6.07, 6.45) is 8.78. The van der Waals surface area contributed by atoms with Crippen LogP contribution in [0.15, 0.2) is 18.2 Å². The summed E-state index contributed by atoms with van der Waals surface area (Å²) in [6.45, 7) is 3.70. The van der Waals surface area contributed by atoms with E-state index in [0.717, 1.165) is 81.6 Å². The Kier molecular flexibility index (Phi) is 5.14. The lowest BCUT2D eigenvalue weighted by Crippen LogP contribution is -2.30. The number of nitrogens with one attached hydrogen (secondary N) is 1. The highest BCUT2D eigenvalue weighted by molar-refractivity contribution is 6.02. The molecule has 4 rings (SSSR count). The Morgan fingerprint density at radius 2 is 1.54 bits per heavy atom. The molecule has 5 nitrogen and oxygen atoms in total. The molecule has 0 radical (unpaired) electrons. The quantitative estimate of drug-likeness (QED) is 0.897. The minimum Gasteiger partial charge on any atom is -0.371 e. The number of benzene rings is 1. The average Bonchev–Trinajstić information content (AvgIpc) is 3.44. The third kappa shape index (κ3) is 3.57. The first-order valence-corrected chi connectivity index (χ1v) is 10.2. The SMILES string of the molecule is O=C(Nc1ccc(N2CCCC2)c(C(=O)N2CCCC2)c1)C1CCCC1. The van der Waals surface area contributed by atoms with Gasteiger partial charge in [0.1, 0.15) is 0 Å². The molecule has 1 aliphatic carbocycles. The van der Waals surface area contributed by atoms with Gasteiger partial charge in [-0.15, -0.1) is 0 Å². The number of hydrogen-bond donors (Lipinski definition) is 1. The van der Waals surface area contributed by atoms with Crippen LogP contribution in [0.3, 0.4) is 0 Å². The highest BCUT2D eigenvalue weighted by Gasteiger charge is 2.27. The highest BCUT2D eigenvalue weighted by atomic mass is 16.2. The lowest BCUT2D eigenvalue weighted by molar-refractivity contribution is -0.119. The van der Waals surface area contributed by atoms with Gasteiger partial charge in [-0.25, -0.2) is 0 Å². The van der Waals surface area contributed by atoms with E-state index in [-0.39, 0.29) is 17.7 Å². The summed E-state index contributed by atoms with van der Waals surface area (Å²) in [7, 11) is 0. The summed E-state index contributed by atoms with van der Waals surface area (Å²) in [5.74, 6) is 0.350. The number of hydrogen-bond acceptors (Lipinski definition) is 3. The van der Waals surface area contributed by atoms with Crippen molar-refractivity contribution in [2.75, 3.05) is 36.4 Å². The molecule has 2 aliphatic heterocycles. The third-order valence-corrected chi connectivity index (χ3v) is 6.06. The average molecular weight is 355 g/mol. The number of rotatable bonds is 4. The first-order chi connectivity index (χ1) is 12.7. The van der Waals surface area contributed by atoms with Crippen LogP contribution in [0.5, 0.6) is 0 Å². The Hall–Kier alpha value is -2.04. The van der Waals surface area contributed by atoms with Crippen molar-refractivity contribution in [1.29, 1.82) is 0 Å². The summed E-state index contributed by atoms with van der Waals surface area (Å²) in [5, 5.41) is 3.06. The minimum absolute atomic E-state index is 0.107. The number of amides is 2. The van der Waals surface area contributed by atoms with E-state index in [2.05, 4.69) is 10.2 Å². The molecule has 5 heteroatoms. The summed E-state index contributed by atoms with van der Waals surface area (Å²) >= 11 is 0. The molecule has 1 N–H and O–H groups in total. The molecule has 1 aromatic carbocycles. The molecular weight excluding hydrogens is 326 g/mol. The fourth-order valence-electron chi connectivity index (χ4n) is 4.54. The van der Waals surface area contributed by atoms with Crippen LogP contribution >= 0.6 is 0 Å². The smallest absolute Gasteiger partial charge is 0.256 e. The van der Waals surface area contributed by atoms with E-state index in [1.807, 2.05) is 23.1 Å². The maximum atomic E-state index is 13.1.